The number of rotatable bonds is 4. The molecule has 3 N–H and O–H groups in total. The maximum atomic E-state index is 5.40. The van der Waals surface area contributed by atoms with Crippen molar-refractivity contribution in [1.82, 2.24) is 9.97 Å². The lowest BCUT2D eigenvalue weighted by atomic mass is 10.2. The van der Waals surface area contributed by atoms with Crippen LogP contribution in [0.2, 0.25) is 0 Å². The van der Waals surface area contributed by atoms with Crippen molar-refractivity contribution in [3.8, 4) is 17.1 Å². The SMILES string of the molecule is Cc1cnc(-c2ccc(OCCN)cc2)[nH]1. The zero-order valence-corrected chi connectivity index (χ0v) is 9.23. The smallest absolute Gasteiger partial charge is 0.137 e. The van der Waals surface area contributed by atoms with E-state index in [2.05, 4.69) is 9.97 Å². The van der Waals surface area contributed by atoms with Gasteiger partial charge in [-0.3, -0.25) is 0 Å². The zero-order valence-electron chi connectivity index (χ0n) is 9.23. The summed E-state index contributed by atoms with van der Waals surface area (Å²) >= 11 is 0. The van der Waals surface area contributed by atoms with Crippen LogP contribution in [0.15, 0.2) is 30.5 Å². The molecule has 1 aromatic carbocycles. The first-order chi connectivity index (χ1) is 7.79. The third-order valence-electron chi connectivity index (χ3n) is 2.22. The van der Waals surface area contributed by atoms with Crippen molar-refractivity contribution < 1.29 is 4.74 Å². The Bertz CT molecular complexity index is 448. The number of aromatic nitrogens is 2. The number of aromatic amines is 1. The van der Waals surface area contributed by atoms with Gasteiger partial charge in [0.2, 0.25) is 0 Å². The monoisotopic (exact) mass is 217 g/mol. The number of hydrogen-bond acceptors (Lipinski definition) is 3. The molecule has 0 saturated heterocycles. The minimum absolute atomic E-state index is 0.527. The highest BCUT2D eigenvalue weighted by molar-refractivity contribution is 5.56. The maximum absolute atomic E-state index is 5.40. The van der Waals surface area contributed by atoms with E-state index in [4.69, 9.17) is 10.5 Å². The first-order valence-electron chi connectivity index (χ1n) is 5.24. The van der Waals surface area contributed by atoms with Gasteiger partial charge >= 0.3 is 0 Å². The summed E-state index contributed by atoms with van der Waals surface area (Å²) in [5.74, 6) is 1.71. The number of aryl methyl sites for hydroxylation is 1. The average Bonchev–Trinajstić information content (AvgIpc) is 2.74. The van der Waals surface area contributed by atoms with Crippen LogP contribution in [0.5, 0.6) is 5.75 Å². The van der Waals surface area contributed by atoms with Crippen LogP contribution < -0.4 is 10.5 Å². The molecule has 1 aromatic heterocycles. The molecule has 4 heteroatoms. The van der Waals surface area contributed by atoms with Gasteiger partial charge in [0.25, 0.3) is 0 Å². The van der Waals surface area contributed by atoms with Crippen LogP contribution in [0, 0.1) is 6.92 Å². The predicted molar refractivity (Wildman–Crippen MR) is 63.3 cm³/mol. The molecule has 16 heavy (non-hydrogen) atoms. The molecular weight excluding hydrogens is 202 g/mol. The highest BCUT2D eigenvalue weighted by Gasteiger charge is 2.01. The Labute approximate surface area is 94.5 Å². The summed E-state index contributed by atoms with van der Waals surface area (Å²) in [5.41, 5.74) is 7.46. The normalized spacial score (nSPS) is 10.4. The third kappa shape index (κ3) is 2.41. The average molecular weight is 217 g/mol. The van der Waals surface area contributed by atoms with Crippen molar-refractivity contribution in [2.45, 2.75) is 6.92 Å². The molecule has 0 aliphatic heterocycles. The molecule has 0 radical (unpaired) electrons. The van der Waals surface area contributed by atoms with Crippen molar-refractivity contribution in [2.24, 2.45) is 5.73 Å². The summed E-state index contributed by atoms with van der Waals surface area (Å²) < 4.78 is 5.40. The van der Waals surface area contributed by atoms with Gasteiger partial charge in [-0.2, -0.15) is 0 Å². The minimum Gasteiger partial charge on any atom is -0.492 e. The fraction of sp³-hybridized carbons (Fsp3) is 0.250. The van der Waals surface area contributed by atoms with Gasteiger partial charge in [-0.05, 0) is 31.2 Å². The molecule has 0 unspecified atom stereocenters. The molecule has 4 nitrogen and oxygen atoms in total. The van der Waals surface area contributed by atoms with Gasteiger partial charge in [0.15, 0.2) is 0 Å². The first-order valence-corrected chi connectivity index (χ1v) is 5.24. The van der Waals surface area contributed by atoms with E-state index < -0.39 is 0 Å². The van der Waals surface area contributed by atoms with Crippen LogP contribution in [0.25, 0.3) is 11.4 Å². The standard InChI is InChI=1S/C12H15N3O/c1-9-8-14-12(15-9)10-2-4-11(5-3-10)16-7-6-13/h2-5,8H,6-7,13H2,1H3,(H,14,15). The zero-order chi connectivity index (χ0) is 11.4. The van der Waals surface area contributed by atoms with E-state index in [9.17, 15) is 0 Å². The lowest BCUT2D eigenvalue weighted by Crippen LogP contribution is -2.10. The Hall–Kier alpha value is -1.81. The number of H-pyrrole nitrogens is 1. The summed E-state index contributed by atoms with van der Waals surface area (Å²) in [7, 11) is 0. The van der Waals surface area contributed by atoms with Crippen LogP contribution in [-0.2, 0) is 0 Å². The van der Waals surface area contributed by atoms with Crippen molar-refractivity contribution in [2.75, 3.05) is 13.2 Å². The summed E-state index contributed by atoms with van der Waals surface area (Å²) in [6.07, 6.45) is 1.81. The van der Waals surface area contributed by atoms with E-state index in [1.807, 2.05) is 37.4 Å². The van der Waals surface area contributed by atoms with Gasteiger partial charge in [-0.1, -0.05) is 0 Å². The summed E-state index contributed by atoms with van der Waals surface area (Å²) in [6, 6.07) is 7.79. The second kappa shape index (κ2) is 4.81. The molecule has 0 aliphatic carbocycles. The molecule has 0 spiro atoms. The molecule has 2 aromatic rings. The van der Waals surface area contributed by atoms with Crippen LogP contribution in [0.4, 0.5) is 0 Å². The van der Waals surface area contributed by atoms with Crippen LogP contribution in [0.1, 0.15) is 5.69 Å². The van der Waals surface area contributed by atoms with Crippen LogP contribution in [0.3, 0.4) is 0 Å². The lowest BCUT2D eigenvalue weighted by molar-refractivity contribution is 0.328. The van der Waals surface area contributed by atoms with Crippen molar-refractivity contribution in [3.05, 3.63) is 36.2 Å². The van der Waals surface area contributed by atoms with Crippen molar-refractivity contribution in [3.63, 3.8) is 0 Å². The Morgan fingerprint density at radius 3 is 2.62 bits per heavy atom. The second-order valence-electron chi connectivity index (χ2n) is 3.58. The minimum atomic E-state index is 0.527. The van der Waals surface area contributed by atoms with E-state index in [1.54, 1.807) is 0 Å². The van der Waals surface area contributed by atoms with Crippen LogP contribution in [-0.4, -0.2) is 23.1 Å². The van der Waals surface area contributed by atoms with E-state index in [1.165, 1.54) is 0 Å². The number of hydrogen-bond donors (Lipinski definition) is 2. The fourth-order valence-corrected chi connectivity index (χ4v) is 1.45. The quantitative estimate of drug-likeness (QED) is 0.819. The Balaban J connectivity index is 2.13. The first kappa shape index (κ1) is 10.7. The van der Waals surface area contributed by atoms with E-state index in [-0.39, 0.29) is 0 Å². The summed E-state index contributed by atoms with van der Waals surface area (Å²) in [4.78, 5) is 7.44. The fourth-order valence-electron chi connectivity index (χ4n) is 1.45. The van der Waals surface area contributed by atoms with E-state index in [0.29, 0.717) is 13.2 Å². The van der Waals surface area contributed by atoms with Gasteiger partial charge in [-0.25, -0.2) is 4.98 Å². The topological polar surface area (TPSA) is 63.9 Å². The highest BCUT2D eigenvalue weighted by Crippen LogP contribution is 2.19. The predicted octanol–water partition coefficient (Wildman–Crippen LogP) is 1.72. The van der Waals surface area contributed by atoms with Crippen LogP contribution >= 0.6 is 0 Å². The Kier molecular flexibility index (Phi) is 3.22. The number of nitrogens with one attached hydrogen (secondary N) is 1. The second-order valence-corrected chi connectivity index (χ2v) is 3.58. The summed E-state index contributed by atoms with van der Waals surface area (Å²) in [5, 5.41) is 0. The van der Waals surface area contributed by atoms with E-state index in [0.717, 1.165) is 22.8 Å². The summed E-state index contributed by atoms with van der Waals surface area (Å²) in [6.45, 7) is 3.05. The van der Waals surface area contributed by atoms with Gasteiger partial charge in [-0.15, -0.1) is 0 Å². The molecule has 0 fully saturated rings. The molecular formula is C12H15N3O. The van der Waals surface area contributed by atoms with Gasteiger partial charge in [0.05, 0.1) is 0 Å². The Morgan fingerprint density at radius 2 is 2.06 bits per heavy atom. The molecule has 0 atom stereocenters. The maximum Gasteiger partial charge on any atom is 0.137 e. The molecule has 0 bridgehead atoms. The molecule has 0 aliphatic rings. The molecule has 0 amide bonds. The van der Waals surface area contributed by atoms with Gasteiger partial charge in [0.1, 0.15) is 18.2 Å². The Morgan fingerprint density at radius 1 is 1.31 bits per heavy atom. The molecule has 2 rings (SSSR count). The number of ether oxygens (including phenoxy) is 1. The lowest BCUT2D eigenvalue weighted by Gasteiger charge is -2.04. The molecule has 84 valence electrons. The number of nitrogens with two attached hydrogens (primary N) is 1. The van der Waals surface area contributed by atoms with Gasteiger partial charge < -0.3 is 15.5 Å². The number of nitrogens with zero attached hydrogens (tertiary/aromatic N) is 1. The van der Waals surface area contributed by atoms with Gasteiger partial charge in [0, 0.05) is 24.0 Å². The third-order valence-corrected chi connectivity index (χ3v) is 2.22. The van der Waals surface area contributed by atoms with E-state index >= 15 is 0 Å². The molecule has 0 saturated carbocycles. The highest BCUT2D eigenvalue weighted by atomic mass is 16.5. The molecule has 1 heterocycles. The van der Waals surface area contributed by atoms with Crippen molar-refractivity contribution >= 4 is 0 Å². The number of imidazole rings is 1. The van der Waals surface area contributed by atoms with Crippen molar-refractivity contribution in [1.29, 1.82) is 0 Å². The number of benzene rings is 1. The largest absolute Gasteiger partial charge is 0.492 e.